The minimum absolute atomic E-state index is 0.0237. The van der Waals surface area contributed by atoms with Crippen molar-refractivity contribution in [3.63, 3.8) is 0 Å². The number of thiocarbonyl (C=S) groups is 1. The number of unbranched alkanes of at least 4 members (excludes halogenated alkanes) is 5. The molecular formula is C21H34N2OS2. The first kappa shape index (κ1) is 23.0. The fourth-order valence-corrected chi connectivity index (χ4v) is 3.83. The lowest BCUT2D eigenvalue weighted by molar-refractivity contribution is -0.121. The van der Waals surface area contributed by atoms with Gasteiger partial charge in [-0.05, 0) is 38.5 Å². The summed E-state index contributed by atoms with van der Waals surface area (Å²) < 4.78 is 0. The molecule has 1 fully saturated rings. The number of hydrogen-bond donors (Lipinski definition) is 2. The lowest BCUT2D eigenvalue weighted by Gasteiger charge is -2.11. The van der Waals surface area contributed by atoms with E-state index in [1.807, 2.05) is 0 Å². The molecule has 1 amide bonds. The molecule has 0 spiro atoms. The Balaban J connectivity index is 1.85. The van der Waals surface area contributed by atoms with Gasteiger partial charge in [0.05, 0.1) is 4.99 Å². The Morgan fingerprint density at radius 1 is 1.08 bits per heavy atom. The number of allylic oxidation sites excluding steroid dienone is 6. The molecule has 146 valence electrons. The highest BCUT2D eigenvalue weighted by Gasteiger charge is 2.19. The molecule has 1 heterocycles. The van der Waals surface area contributed by atoms with Crippen LogP contribution < -0.4 is 10.6 Å². The van der Waals surface area contributed by atoms with Crippen LogP contribution in [0.1, 0.15) is 71.1 Å². The average Bonchev–Trinajstić information content (AvgIpc) is 3.03. The van der Waals surface area contributed by atoms with Gasteiger partial charge in [0.1, 0.15) is 5.50 Å². The molecule has 0 aromatic rings. The number of rotatable bonds is 14. The van der Waals surface area contributed by atoms with Crippen LogP contribution in [0.5, 0.6) is 0 Å². The van der Waals surface area contributed by atoms with Crippen LogP contribution in [-0.2, 0) is 4.79 Å². The van der Waals surface area contributed by atoms with Crippen molar-refractivity contribution in [2.75, 3.05) is 5.75 Å². The number of amides is 1. The molecule has 3 nitrogen and oxygen atoms in total. The Bertz CT molecular complexity index is 486. The SMILES string of the molecule is CCC=CCC=CCC=CCCCCCCCC(=O)NC1NC(=S)CS1. The Labute approximate surface area is 169 Å². The van der Waals surface area contributed by atoms with Crippen molar-refractivity contribution in [2.45, 2.75) is 76.6 Å². The third-order valence-corrected chi connectivity index (χ3v) is 5.49. The normalized spacial score (nSPS) is 17.6. The van der Waals surface area contributed by atoms with Crippen LogP contribution in [0.25, 0.3) is 0 Å². The van der Waals surface area contributed by atoms with Crippen LogP contribution >= 0.6 is 24.0 Å². The van der Waals surface area contributed by atoms with Crippen molar-refractivity contribution in [1.82, 2.24) is 10.6 Å². The van der Waals surface area contributed by atoms with Crippen LogP contribution in [0, 0.1) is 0 Å². The maximum absolute atomic E-state index is 11.8. The van der Waals surface area contributed by atoms with E-state index in [9.17, 15) is 4.79 Å². The van der Waals surface area contributed by atoms with E-state index in [-0.39, 0.29) is 11.4 Å². The monoisotopic (exact) mass is 394 g/mol. The van der Waals surface area contributed by atoms with Crippen LogP contribution in [0.4, 0.5) is 0 Å². The van der Waals surface area contributed by atoms with E-state index in [4.69, 9.17) is 12.2 Å². The summed E-state index contributed by atoms with van der Waals surface area (Å²) in [6.45, 7) is 2.16. The molecule has 5 heteroatoms. The van der Waals surface area contributed by atoms with Crippen molar-refractivity contribution >= 4 is 34.9 Å². The lowest BCUT2D eigenvalue weighted by Crippen LogP contribution is -2.40. The highest BCUT2D eigenvalue weighted by atomic mass is 32.2. The fourth-order valence-electron chi connectivity index (χ4n) is 2.59. The van der Waals surface area contributed by atoms with E-state index in [1.54, 1.807) is 11.8 Å². The summed E-state index contributed by atoms with van der Waals surface area (Å²) in [6, 6.07) is 0. The van der Waals surface area contributed by atoms with E-state index in [0.717, 1.165) is 49.3 Å². The van der Waals surface area contributed by atoms with Crippen LogP contribution in [0.2, 0.25) is 0 Å². The smallest absolute Gasteiger partial charge is 0.222 e. The minimum Gasteiger partial charge on any atom is -0.351 e. The van der Waals surface area contributed by atoms with Gasteiger partial charge in [0.15, 0.2) is 0 Å². The van der Waals surface area contributed by atoms with Gasteiger partial charge >= 0.3 is 0 Å². The predicted octanol–water partition coefficient (Wildman–Crippen LogP) is 5.64. The molecule has 1 atom stereocenters. The molecule has 0 saturated carbocycles. The van der Waals surface area contributed by atoms with Gasteiger partial charge < -0.3 is 10.6 Å². The molecule has 0 aliphatic carbocycles. The number of carbonyl (C=O) groups excluding carboxylic acids is 1. The molecule has 26 heavy (non-hydrogen) atoms. The Morgan fingerprint density at radius 3 is 2.42 bits per heavy atom. The Hall–Kier alpha value is -1.07. The number of carbonyl (C=O) groups is 1. The zero-order valence-electron chi connectivity index (χ0n) is 16.0. The molecule has 2 N–H and O–H groups in total. The van der Waals surface area contributed by atoms with E-state index < -0.39 is 0 Å². The minimum atomic E-state index is -0.0237. The third kappa shape index (κ3) is 13.2. The lowest BCUT2D eigenvalue weighted by atomic mass is 10.1. The second kappa shape index (κ2) is 16.1. The largest absolute Gasteiger partial charge is 0.351 e. The first-order valence-corrected chi connectivity index (χ1v) is 11.3. The van der Waals surface area contributed by atoms with Gasteiger partial charge in [-0.3, -0.25) is 4.79 Å². The van der Waals surface area contributed by atoms with Gasteiger partial charge in [-0.1, -0.05) is 74.9 Å². The summed E-state index contributed by atoms with van der Waals surface area (Å²) in [5.41, 5.74) is -0.0237. The highest BCUT2D eigenvalue weighted by Crippen LogP contribution is 2.14. The molecule has 0 radical (unpaired) electrons. The molecule has 0 aromatic carbocycles. The second-order valence-electron chi connectivity index (χ2n) is 6.43. The summed E-state index contributed by atoms with van der Waals surface area (Å²) in [6.07, 6.45) is 24.2. The van der Waals surface area contributed by atoms with Crippen LogP contribution in [0.3, 0.4) is 0 Å². The number of thioether (sulfide) groups is 1. The van der Waals surface area contributed by atoms with Crippen molar-refractivity contribution in [3.8, 4) is 0 Å². The average molecular weight is 395 g/mol. The van der Waals surface area contributed by atoms with Crippen LogP contribution in [0.15, 0.2) is 36.5 Å². The summed E-state index contributed by atoms with van der Waals surface area (Å²) >= 11 is 6.71. The highest BCUT2D eigenvalue weighted by molar-refractivity contribution is 8.02. The number of nitrogens with one attached hydrogen (secondary N) is 2. The molecular weight excluding hydrogens is 360 g/mol. The molecule has 1 unspecified atom stereocenters. The molecule has 1 aliphatic rings. The van der Waals surface area contributed by atoms with Gasteiger partial charge in [0.2, 0.25) is 5.91 Å². The molecule has 1 aliphatic heterocycles. The summed E-state index contributed by atoms with van der Waals surface area (Å²) in [5, 5.41) is 6.05. The van der Waals surface area contributed by atoms with Crippen molar-refractivity contribution < 1.29 is 4.79 Å². The fraction of sp³-hybridized carbons (Fsp3) is 0.619. The predicted molar refractivity (Wildman–Crippen MR) is 119 cm³/mol. The van der Waals surface area contributed by atoms with Crippen molar-refractivity contribution in [3.05, 3.63) is 36.5 Å². The van der Waals surface area contributed by atoms with E-state index in [1.165, 1.54) is 19.3 Å². The molecule has 0 aromatic heterocycles. The third-order valence-electron chi connectivity index (χ3n) is 4.02. The summed E-state index contributed by atoms with van der Waals surface area (Å²) in [4.78, 5) is 12.6. The standard InChI is InChI=1S/C21H34N2OS2/c1-2-3-4-5-6-7-8-9-10-11-12-13-14-15-16-17-19(24)22-21-23-20(25)18-26-21/h3-4,6-7,9-10,21H,2,5,8,11-18H2,1H3,(H,22,24)(H,23,25). The quantitative estimate of drug-likeness (QED) is 0.227. The van der Waals surface area contributed by atoms with Gasteiger partial charge in [0.25, 0.3) is 0 Å². The second-order valence-corrected chi connectivity index (χ2v) is 8.01. The van der Waals surface area contributed by atoms with Crippen LogP contribution in [-0.4, -0.2) is 22.1 Å². The maximum atomic E-state index is 11.8. The van der Waals surface area contributed by atoms with E-state index in [0.29, 0.717) is 6.42 Å². The molecule has 1 rings (SSSR count). The van der Waals surface area contributed by atoms with Crippen molar-refractivity contribution in [1.29, 1.82) is 0 Å². The van der Waals surface area contributed by atoms with Gasteiger partial charge in [0, 0.05) is 12.2 Å². The van der Waals surface area contributed by atoms with E-state index >= 15 is 0 Å². The number of hydrogen-bond acceptors (Lipinski definition) is 3. The first-order chi connectivity index (χ1) is 12.7. The van der Waals surface area contributed by atoms with Crippen molar-refractivity contribution in [2.24, 2.45) is 0 Å². The van der Waals surface area contributed by atoms with Gasteiger partial charge in [-0.2, -0.15) is 0 Å². The van der Waals surface area contributed by atoms with Gasteiger partial charge in [-0.25, -0.2) is 0 Å². The zero-order valence-corrected chi connectivity index (χ0v) is 17.7. The molecule has 1 saturated heterocycles. The van der Waals surface area contributed by atoms with Gasteiger partial charge in [-0.15, -0.1) is 11.8 Å². The summed E-state index contributed by atoms with van der Waals surface area (Å²) in [5.74, 6) is 0.933. The topological polar surface area (TPSA) is 41.1 Å². The first-order valence-electron chi connectivity index (χ1n) is 9.87. The zero-order chi connectivity index (χ0) is 18.9. The molecule has 0 bridgehead atoms. The Morgan fingerprint density at radius 2 is 1.73 bits per heavy atom. The van der Waals surface area contributed by atoms with E-state index in [2.05, 4.69) is 54.0 Å². The maximum Gasteiger partial charge on any atom is 0.222 e. The Kier molecular flexibility index (Phi) is 14.2. The summed E-state index contributed by atoms with van der Waals surface area (Å²) in [7, 11) is 0.